The van der Waals surface area contributed by atoms with E-state index in [0.29, 0.717) is 11.5 Å². The highest BCUT2D eigenvalue weighted by Crippen LogP contribution is 2.31. The third kappa shape index (κ3) is 2.84. The Hall–Kier alpha value is -2.49. The molecule has 108 valence electrons. The molecule has 0 unspecified atom stereocenters. The van der Waals surface area contributed by atoms with Crippen molar-refractivity contribution < 1.29 is 14.3 Å². The highest BCUT2D eigenvalue weighted by molar-refractivity contribution is 5.95. The Labute approximate surface area is 123 Å². The zero-order valence-electron chi connectivity index (χ0n) is 12.1. The van der Waals surface area contributed by atoms with Gasteiger partial charge in [-0.3, -0.25) is 4.79 Å². The fourth-order valence-corrected chi connectivity index (χ4v) is 2.32. The minimum atomic E-state index is -0.638. The maximum atomic E-state index is 12.3. The molecule has 0 saturated heterocycles. The van der Waals surface area contributed by atoms with Gasteiger partial charge in [-0.05, 0) is 37.6 Å². The molecule has 0 bridgehead atoms. The normalized spacial score (nSPS) is 16.4. The van der Waals surface area contributed by atoms with Crippen molar-refractivity contribution in [3.8, 4) is 11.5 Å². The fraction of sp³-hybridized carbons (Fsp3) is 0.235. The van der Waals surface area contributed by atoms with Crippen LogP contribution in [0.15, 0.2) is 42.5 Å². The lowest BCUT2D eigenvalue weighted by molar-refractivity contribution is -0.125. The first-order chi connectivity index (χ1) is 10.1. The highest BCUT2D eigenvalue weighted by Gasteiger charge is 2.27. The number of amides is 1. The summed E-state index contributed by atoms with van der Waals surface area (Å²) in [6, 6.07) is 13.3. The largest absolute Gasteiger partial charge is 0.485 e. The molecular weight excluding hydrogens is 266 g/mol. The van der Waals surface area contributed by atoms with E-state index in [9.17, 15) is 4.79 Å². The van der Waals surface area contributed by atoms with Gasteiger partial charge < -0.3 is 14.8 Å². The van der Waals surface area contributed by atoms with Crippen molar-refractivity contribution in [1.29, 1.82) is 0 Å². The molecule has 1 aliphatic heterocycles. The summed E-state index contributed by atoms with van der Waals surface area (Å²) in [5.74, 6) is 1.08. The van der Waals surface area contributed by atoms with Crippen molar-refractivity contribution in [1.82, 2.24) is 0 Å². The molecule has 1 heterocycles. The van der Waals surface area contributed by atoms with Crippen molar-refractivity contribution in [2.24, 2.45) is 0 Å². The molecule has 0 aliphatic carbocycles. The van der Waals surface area contributed by atoms with E-state index < -0.39 is 6.10 Å². The molecule has 4 heteroatoms. The molecule has 1 N–H and O–H groups in total. The van der Waals surface area contributed by atoms with Crippen LogP contribution in [0.25, 0.3) is 0 Å². The number of fused-ring (bicyclic) bond motifs is 1. The molecule has 1 atom stereocenters. The first-order valence-corrected chi connectivity index (χ1v) is 6.90. The lowest BCUT2D eigenvalue weighted by Crippen LogP contribution is -2.40. The van der Waals surface area contributed by atoms with E-state index in [1.807, 2.05) is 50.2 Å². The molecule has 0 saturated carbocycles. The van der Waals surface area contributed by atoms with Crippen LogP contribution in [0.2, 0.25) is 0 Å². The van der Waals surface area contributed by atoms with E-state index >= 15 is 0 Å². The van der Waals surface area contributed by atoms with E-state index in [-0.39, 0.29) is 12.5 Å². The summed E-state index contributed by atoms with van der Waals surface area (Å²) in [6.45, 7) is 4.21. The predicted molar refractivity (Wildman–Crippen MR) is 80.9 cm³/mol. The van der Waals surface area contributed by atoms with Crippen LogP contribution in [-0.2, 0) is 4.79 Å². The third-order valence-electron chi connectivity index (χ3n) is 3.44. The third-order valence-corrected chi connectivity index (χ3v) is 3.44. The second kappa shape index (κ2) is 5.48. The van der Waals surface area contributed by atoms with E-state index in [4.69, 9.17) is 9.47 Å². The number of rotatable bonds is 2. The number of aryl methyl sites for hydroxylation is 2. The van der Waals surface area contributed by atoms with Crippen molar-refractivity contribution in [2.75, 3.05) is 11.9 Å². The van der Waals surface area contributed by atoms with Crippen molar-refractivity contribution >= 4 is 11.6 Å². The number of para-hydroxylation sites is 2. The van der Waals surface area contributed by atoms with Crippen molar-refractivity contribution in [3.63, 3.8) is 0 Å². The fourth-order valence-electron chi connectivity index (χ4n) is 2.32. The van der Waals surface area contributed by atoms with Gasteiger partial charge in [0, 0.05) is 5.69 Å². The summed E-state index contributed by atoms with van der Waals surface area (Å²) in [4.78, 5) is 12.3. The van der Waals surface area contributed by atoms with Crippen molar-refractivity contribution in [2.45, 2.75) is 20.0 Å². The second-order valence-corrected chi connectivity index (χ2v) is 5.17. The van der Waals surface area contributed by atoms with Gasteiger partial charge in [-0.25, -0.2) is 0 Å². The van der Waals surface area contributed by atoms with E-state index in [1.54, 1.807) is 6.07 Å². The number of benzene rings is 2. The van der Waals surface area contributed by atoms with E-state index in [0.717, 1.165) is 16.8 Å². The number of hydrogen-bond donors (Lipinski definition) is 1. The zero-order valence-corrected chi connectivity index (χ0v) is 12.1. The molecule has 0 radical (unpaired) electrons. The van der Waals surface area contributed by atoms with Gasteiger partial charge in [0.25, 0.3) is 5.91 Å². The van der Waals surface area contributed by atoms with Crippen LogP contribution >= 0.6 is 0 Å². The number of carbonyl (C=O) groups is 1. The molecule has 1 aliphatic rings. The summed E-state index contributed by atoms with van der Waals surface area (Å²) in [6.07, 6.45) is -0.638. The smallest absolute Gasteiger partial charge is 0.269 e. The Morgan fingerprint density at radius 1 is 1.14 bits per heavy atom. The number of hydrogen-bond acceptors (Lipinski definition) is 3. The van der Waals surface area contributed by atoms with Crippen LogP contribution in [-0.4, -0.2) is 18.6 Å². The number of carbonyl (C=O) groups excluding carboxylic acids is 1. The summed E-state index contributed by atoms with van der Waals surface area (Å²) in [7, 11) is 0. The molecule has 2 aromatic rings. The molecule has 21 heavy (non-hydrogen) atoms. The Balaban J connectivity index is 1.72. The Bertz CT molecular complexity index is 681. The average molecular weight is 283 g/mol. The Morgan fingerprint density at radius 3 is 2.67 bits per heavy atom. The lowest BCUT2D eigenvalue weighted by atomic mass is 10.1. The van der Waals surface area contributed by atoms with Crippen LogP contribution in [0.4, 0.5) is 5.69 Å². The van der Waals surface area contributed by atoms with Gasteiger partial charge in [-0.1, -0.05) is 29.8 Å². The second-order valence-electron chi connectivity index (χ2n) is 5.17. The Morgan fingerprint density at radius 2 is 1.90 bits per heavy atom. The number of anilines is 1. The van der Waals surface area contributed by atoms with Gasteiger partial charge in [0.2, 0.25) is 6.10 Å². The van der Waals surface area contributed by atoms with Crippen LogP contribution in [0.1, 0.15) is 11.1 Å². The lowest BCUT2D eigenvalue weighted by Gasteiger charge is -2.25. The van der Waals surface area contributed by atoms with Crippen LogP contribution < -0.4 is 14.8 Å². The van der Waals surface area contributed by atoms with Crippen LogP contribution in [0.5, 0.6) is 11.5 Å². The first kappa shape index (κ1) is 13.5. The minimum absolute atomic E-state index is 0.198. The van der Waals surface area contributed by atoms with Gasteiger partial charge in [0.1, 0.15) is 6.61 Å². The SMILES string of the molecule is Cc1ccc(NC(=O)[C@H]2COc3ccccc3O2)c(C)c1. The summed E-state index contributed by atoms with van der Waals surface area (Å²) >= 11 is 0. The topological polar surface area (TPSA) is 47.6 Å². The molecule has 1 amide bonds. The van der Waals surface area contributed by atoms with Gasteiger partial charge in [-0.2, -0.15) is 0 Å². The molecule has 4 nitrogen and oxygen atoms in total. The van der Waals surface area contributed by atoms with Crippen LogP contribution in [0.3, 0.4) is 0 Å². The van der Waals surface area contributed by atoms with E-state index in [1.165, 1.54) is 0 Å². The first-order valence-electron chi connectivity index (χ1n) is 6.90. The maximum Gasteiger partial charge on any atom is 0.269 e. The van der Waals surface area contributed by atoms with Gasteiger partial charge in [-0.15, -0.1) is 0 Å². The van der Waals surface area contributed by atoms with Gasteiger partial charge in [0.05, 0.1) is 0 Å². The molecular formula is C17H17NO3. The highest BCUT2D eigenvalue weighted by atomic mass is 16.6. The monoisotopic (exact) mass is 283 g/mol. The van der Waals surface area contributed by atoms with Crippen molar-refractivity contribution in [3.05, 3.63) is 53.6 Å². The number of ether oxygens (including phenoxy) is 2. The minimum Gasteiger partial charge on any atom is -0.485 e. The maximum absolute atomic E-state index is 12.3. The molecule has 2 aromatic carbocycles. The standard InChI is InChI=1S/C17H17NO3/c1-11-7-8-13(12(2)9-11)18-17(19)16-10-20-14-5-3-4-6-15(14)21-16/h3-9,16H,10H2,1-2H3,(H,18,19)/t16-/m1/s1. The Kier molecular flexibility index (Phi) is 3.52. The predicted octanol–water partition coefficient (Wildman–Crippen LogP) is 3.08. The summed E-state index contributed by atoms with van der Waals surface area (Å²) in [5, 5.41) is 2.89. The molecule has 0 fully saturated rings. The van der Waals surface area contributed by atoms with E-state index in [2.05, 4.69) is 5.32 Å². The summed E-state index contributed by atoms with van der Waals surface area (Å²) in [5.41, 5.74) is 2.99. The number of nitrogens with one attached hydrogen (secondary N) is 1. The zero-order chi connectivity index (χ0) is 14.8. The van der Waals surface area contributed by atoms with Crippen LogP contribution in [0, 0.1) is 13.8 Å². The molecule has 3 rings (SSSR count). The molecule has 0 aromatic heterocycles. The van der Waals surface area contributed by atoms with Gasteiger partial charge in [0.15, 0.2) is 11.5 Å². The molecule has 0 spiro atoms. The van der Waals surface area contributed by atoms with Gasteiger partial charge >= 0.3 is 0 Å². The quantitative estimate of drug-likeness (QED) is 0.921. The summed E-state index contributed by atoms with van der Waals surface area (Å²) < 4.78 is 11.3. The average Bonchev–Trinajstić information content (AvgIpc) is 2.49.